The summed E-state index contributed by atoms with van der Waals surface area (Å²) >= 11 is 0. The van der Waals surface area contributed by atoms with Crippen molar-refractivity contribution in [2.24, 2.45) is 11.8 Å². The maximum Gasteiger partial charge on any atom is -0.0265 e. The van der Waals surface area contributed by atoms with Gasteiger partial charge in [0.05, 0.1) is 0 Å². The number of allylic oxidation sites excluding steroid dienone is 2. The minimum absolute atomic E-state index is 0.139. The SMILES string of the molecule is CC(C)=C(C)P(CC(C)C)CC(C)C. The summed E-state index contributed by atoms with van der Waals surface area (Å²) in [4.78, 5) is 0. The van der Waals surface area contributed by atoms with Gasteiger partial charge in [0.25, 0.3) is 0 Å². The van der Waals surface area contributed by atoms with E-state index in [4.69, 9.17) is 0 Å². The summed E-state index contributed by atoms with van der Waals surface area (Å²) in [7, 11) is 0.139. The van der Waals surface area contributed by atoms with Crippen molar-refractivity contribution in [3.05, 3.63) is 10.9 Å². The van der Waals surface area contributed by atoms with E-state index >= 15 is 0 Å². The van der Waals surface area contributed by atoms with Crippen LogP contribution in [0.2, 0.25) is 0 Å². The molecule has 0 spiro atoms. The Labute approximate surface area is 91.9 Å². The van der Waals surface area contributed by atoms with Gasteiger partial charge in [-0.05, 0) is 44.9 Å². The fourth-order valence-corrected chi connectivity index (χ4v) is 4.64. The molecule has 0 aromatic heterocycles. The van der Waals surface area contributed by atoms with Crippen LogP contribution >= 0.6 is 7.92 Å². The van der Waals surface area contributed by atoms with Crippen LogP contribution in [-0.4, -0.2) is 12.3 Å². The molecule has 0 fully saturated rings. The Balaban J connectivity index is 4.47. The van der Waals surface area contributed by atoms with Crippen LogP contribution in [0.4, 0.5) is 0 Å². The highest BCUT2D eigenvalue weighted by Gasteiger charge is 2.14. The minimum Gasteiger partial charge on any atom is -0.0796 e. The first-order valence-electron chi connectivity index (χ1n) is 5.73. The van der Waals surface area contributed by atoms with Crippen LogP contribution in [0.1, 0.15) is 48.5 Å². The average Bonchev–Trinajstić information content (AvgIpc) is 1.99. The Hall–Kier alpha value is 0.170. The normalized spacial score (nSPS) is 11.6. The quantitative estimate of drug-likeness (QED) is 0.559. The Morgan fingerprint density at radius 2 is 1.21 bits per heavy atom. The van der Waals surface area contributed by atoms with Crippen molar-refractivity contribution in [3.8, 4) is 0 Å². The van der Waals surface area contributed by atoms with Gasteiger partial charge in [0.1, 0.15) is 0 Å². The molecule has 0 amide bonds. The number of hydrogen-bond donors (Lipinski definition) is 0. The third-order valence-corrected chi connectivity index (χ3v) is 6.11. The van der Waals surface area contributed by atoms with Crippen LogP contribution in [-0.2, 0) is 0 Å². The van der Waals surface area contributed by atoms with E-state index in [0.717, 1.165) is 11.8 Å². The Kier molecular flexibility index (Phi) is 6.70. The first-order valence-corrected chi connectivity index (χ1v) is 7.44. The number of rotatable bonds is 5. The van der Waals surface area contributed by atoms with Crippen molar-refractivity contribution in [1.82, 2.24) is 0 Å². The molecule has 0 unspecified atom stereocenters. The average molecular weight is 214 g/mol. The number of hydrogen-bond acceptors (Lipinski definition) is 0. The monoisotopic (exact) mass is 214 g/mol. The highest BCUT2D eigenvalue weighted by Crippen LogP contribution is 2.48. The molecule has 1 heteroatoms. The van der Waals surface area contributed by atoms with Crippen molar-refractivity contribution < 1.29 is 0 Å². The van der Waals surface area contributed by atoms with Crippen molar-refractivity contribution in [1.29, 1.82) is 0 Å². The highest BCUT2D eigenvalue weighted by atomic mass is 31.1. The highest BCUT2D eigenvalue weighted by molar-refractivity contribution is 7.62. The lowest BCUT2D eigenvalue weighted by atomic mass is 10.3. The second-order valence-electron chi connectivity index (χ2n) is 5.28. The predicted octanol–water partition coefficient (Wildman–Crippen LogP) is 5.09. The molecule has 0 nitrogen and oxygen atoms in total. The van der Waals surface area contributed by atoms with E-state index in [9.17, 15) is 0 Å². The lowest BCUT2D eigenvalue weighted by Crippen LogP contribution is -2.03. The molecule has 0 saturated heterocycles. The maximum absolute atomic E-state index is 2.34. The van der Waals surface area contributed by atoms with E-state index in [1.165, 1.54) is 17.9 Å². The Morgan fingerprint density at radius 1 is 0.857 bits per heavy atom. The van der Waals surface area contributed by atoms with E-state index in [2.05, 4.69) is 48.5 Å². The summed E-state index contributed by atoms with van der Waals surface area (Å²) < 4.78 is 0. The summed E-state index contributed by atoms with van der Waals surface area (Å²) in [5, 5.41) is 1.68. The zero-order valence-corrected chi connectivity index (χ0v) is 11.9. The third-order valence-electron chi connectivity index (χ3n) is 2.37. The Morgan fingerprint density at radius 3 is 1.43 bits per heavy atom. The van der Waals surface area contributed by atoms with Gasteiger partial charge in [-0.2, -0.15) is 0 Å². The van der Waals surface area contributed by atoms with E-state index in [1.807, 2.05) is 0 Å². The van der Waals surface area contributed by atoms with Gasteiger partial charge < -0.3 is 0 Å². The molecule has 0 radical (unpaired) electrons. The molecule has 0 bridgehead atoms. The topological polar surface area (TPSA) is 0 Å². The molecule has 0 N–H and O–H groups in total. The van der Waals surface area contributed by atoms with Gasteiger partial charge in [-0.1, -0.05) is 46.5 Å². The van der Waals surface area contributed by atoms with E-state index in [-0.39, 0.29) is 7.92 Å². The smallest absolute Gasteiger partial charge is 0.0265 e. The molecule has 0 aromatic rings. The largest absolute Gasteiger partial charge is 0.0796 e. The summed E-state index contributed by atoms with van der Waals surface area (Å²) in [6.45, 7) is 16.2. The van der Waals surface area contributed by atoms with Gasteiger partial charge in [-0.3, -0.25) is 0 Å². The molecule has 0 atom stereocenters. The van der Waals surface area contributed by atoms with E-state index < -0.39 is 0 Å². The molecule has 0 saturated carbocycles. The molecule has 0 aliphatic rings. The van der Waals surface area contributed by atoms with Gasteiger partial charge in [0, 0.05) is 0 Å². The first-order chi connectivity index (χ1) is 6.34. The molecule has 84 valence electrons. The molecule has 0 heterocycles. The van der Waals surface area contributed by atoms with Crippen molar-refractivity contribution in [3.63, 3.8) is 0 Å². The molecular weight excluding hydrogens is 187 g/mol. The lowest BCUT2D eigenvalue weighted by Gasteiger charge is -2.23. The van der Waals surface area contributed by atoms with Gasteiger partial charge in [-0.25, -0.2) is 0 Å². The van der Waals surface area contributed by atoms with Crippen LogP contribution in [0.5, 0.6) is 0 Å². The van der Waals surface area contributed by atoms with E-state index in [1.54, 1.807) is 5.31 Å². The molecule has 14 heavy (non-hydrogen) atoms. The van der Waals surface area contributed by atoms with Crippen LogP contribution in [0.25, 0.3) is 0 Å². The van der Waals surface area contributed by atoms with Crippen molar-refractivity contribution >= 4 is 7.92 Å². The van der Waals surface area contributed by atoms with Gasteiger partial charge in [0.15, 0.2) is 0 Å². The van der Waals surface area contributed by atoms with Crippen LogP contribution in [0, 0.1) is 11.8 Å². The molecule has 0 aliphatic heterocycles. The summed E-state index contributed by atoms with van der Waals surface area (Å²) in [6, 6.07) is 0. The van der Waals surface area contributed by atoms with Gasteiger partial charge in [-0.15, -0.1) is 0 Å². The van der Waals surface area contributed by atoms with Crippen molar-refractivity contribution in [2.75, 3.05) is 12.3 Å². The standard InChI is InChI=1S/C13H27P/c1-10(2)8-14(9-11(3)4)13(7)12(5)6/h10-11H,8-9H2,1-7H3. The lowest BCUT2D eigenvalue weighted by molar-refractivity contribution is 0.719. The second kappa shape index (κ2) is 6.62. The summed E-state index contributed by atoms with van der Waals surface area (Å²) in [5.41, 5.74) is 1.54. The summed E-state index contributed by atoms with van der Waals surface area (Å²) in [5.74, 6) is 1.68. The fourth-order valence-electron chi connectivity index (χ4n) is 1.55. The maximum atomic E-state index is 2.34. The Bertz CT molecular complexity index is 175. The van der Waals surface area contributed by atoms with Crippen LogP contribution in [0.15, 0.2) is 10.9 Å². The zero-order chi connectivity index (χ0) is 11.3. The molecule has 0 rings (SSSR count). The fraction of sp³-hybridized carbons (Fsp3) is 0.846. The molecule has 0 aliphatic carbocycles. The zero-order valence-electron chi connectivity index (χ0n) is 11.0. The van der Waals surface area contributed by atoms with Crippen LogP contribution < -0.4 is 0 Å². The minimum atomic E-state index is 0.139. The molecule has 0 aromatic carbocycles. The van der Waals surface area contributed by atoms with Crippen molar-refractivity contribution in [2.45, 2.75) is 48.5 Å². The third kappa shape index (κ3) is 5.81. The second-order valence-corrected chi connectivity index (χ2v) is 7.76. The first kappa shape index (κ1) is 14.2. The predicted molar refractivity (Wildman–Crippen MR) is 70.4 cm³/mol. The van der Waals surface area contributed by atoms with Crippen LogP contribution in [0.3, 0.4) is 0 Å². The summed E-state index contributed by atoms with van der Waals surface area (Å²) in [6.07, 6.45) is 2.81. The van der Waals surface area contributed by atoms with Gasteiger partial charge in [0.2, 0.25) is 0 Å². The van der Waals surface area contributed by atoms with E-state index in [0.29, 0.717) is 0 Å². The molecular formula is C13H27P. The van der Waals surface area contributed by atoms with Gasteiger partial charge >= 0.3 is 0 Å².